The van der Waals surface area contributed by atoms with Gasteiger partial charge in [-0.2, -0.15) is 0 Å². The molecule has 0 radical (unpaired) electrons. The van der Waals surface area contributed by atoms with Crippen LogP contribution in [0.15, 0.2) is 18.2 Å². The summed E-state index contributed by atoms with van der Waals surface area (Å²) in [6.07, 6.45) is 0.756. The summed E-state index contributed by atoms with van der Waals surface area (Å²) in [7, 11) is 1.52. The first kappa shape index (κ1) is 16.9. The van der Waals surface area contributed by atoms with Crippen molar-refractivity contribution in [2.75, 3.05) is 19.0 Å². The van der Waals surface area contributed by atoms with Gasteiger partial charge in [0.05, 0.1) is 0 Å². The molecule has 0 bridgehead atoms. The molecular formula is C14H19FN2O4. The van der Waals surface area contributed by atoms with Gasteiger partial charge >= 0.3 is 12.0 Å². The Kier molecular flexibility index (Phi) is 6.61. The maximum absolute atomic E-state index is 13.3. The first-order chi connectivity index (χ1) is 9.93. The van der Waals surface area contributed by atoms with E-state index in [0.29, 0.717) is 18.6 Å². The third-order valence-electron chi connectivity index (χ3n) is 2.87. The van der Waals surface area contributed by atoms with E-state index in [9.17, 15) is 14.0 Å². The topological polar surface area (TPSA) is 87.7 Å². The molecule has 0 heterocycles. The van der Waals surface area contributed by atoms with E-state index in [4.69, 9.17) is 9.84 Å². The molecule has 0 aliphatic heterocycles. The zero-order valence-corrected chi connectivity index (χ0v) is 12.0. The molecule has 21 heavy (non-hydrogen) atoms. The molecule has 0 saturated heterocycles. The molecule has 1 atom stereocenters. The number of aryl methyl sites for hydroxylation is 1. The summed E-state index contributed by atoms with van der Waals surface area (Å²) in [5.41, 5.74) is 0.723. The maximum atomic E-state index is 13.3. The largest absolute Gasteiger partial charge is 0.480 e. The van der Waals surface area contributed by atoms with E-state index >= 15 is 0 Å². The Morgan fingerprint density at radius 1 is 1.43 bits per heavy atom. The van der Waals surface area contributed by atoms with Crippen LogP contribution in [-0.4, -0.2) is 36.9 Å². The summed E-state index contributed by atoms with van der Waals surface area (Å²) in [4.78, 5) is 22.8. The summed E-state index contributed by atoms with van der Waals surface area (Å²) in [5, 5.41) is 13.8. The highest BCUT2D eigenvalue weighted by Gasteiger charge is 2.19. The lowest BCUT2D eigenvalue weighted by Crippen LogP contribution is -2.43. The van der Waals surface area contributed by atoms with Gasteiger partial charge in [-0.15, -0.1) is 0 Å². The van der Waals surface area contributed by atoms with Gasteiger partial charge in [0.1, 0.15) is 11.9 Å². The smallest absolute Gasteiger partial charge is 0.326 e. The predicted molar refractivity (Wildman–Crippen MR) is 75.8 cm³/mol. The fraction of sp³-hybridized carbons (Fsp3) is 0.429. The summed E-state index contributed by atoms with van der Waals surface area (Å²) in [5.74, 6) is -1.57. The van der Waals surface area contributed by atoms with Crippen LogP contribution in [0.1, 0.15) is 18.4 Å². The average Bonchev–Trinajstić information content (AvgIpc) is 2.42. The molecule has 0 spiro atoms. The van der Waals surface area contributed by atoms with Crippen molar-refractivity contribution >= 4 is 17.7 Å². The van der Waals surface area contributed by atoms with Gasteiger partial charge in [0.2, 0.25) is 0 Å². The molecule has 116 valence electrons. The van der Waals surface area contributed by atoms with Crippen molar-refractivity contribution in [2.24, 2.45) is 0 Å². The Bertz CT molecular complexity index is 508. The number of carbonyl (C=O) groups excluding carboxylic acids is 1. The van der Waals surface area contributed by atoms with Crippen molar-refractivity contribution in [3.8, 4) is 0 Å². The van der Waals surface area contributed by atoms with E-state index < -0.39 is 23.9 Å². The van der Waals surface area contributed by atoms with Crippen LogP contribution < -0.4 is 10.6 Å². The SMILES string of the molecule is COCCCC(NC(=O)Nc1ccc(C)c(F)c1)C(=O)O. The monoisotopic (exact) mass is 298 g/mol. The van der Waals surface area contributed by atoms with Crippen molar-refractivity contribution in [2.45, 2.75) is 25.8 Å². The quantitative estimate of drug-likeness (QED) is 0.673. The number of rotatable bonds is 7. The minimum Gasteiger partial charge on any atom is -0.480 e. The van der Waals surface area contributed by atoms with E-state index in [-0.39, 0.29) is 12.1 Å². The number of methoxy groups -OCH3 is 1. The zero-order valence-electron chi connectivity index (χ0n) is 12.0. The first-order valence-electron chi connectivity index (χ1n) is 6.49. The number of carboxylic acids is 1. The van der Waals surface area contributed by atoms with Crippen molar-refractivity contribution in [1.29, 1.82) is 0 Å². The van der Waals surface area contributed by atoms with Gasteiger partial charge in [0, 0.05) is 19.4 Å². The molecule has 1 aromatic rings. The van der Waals surface area contributed by atoms with E-state index in [1.165, 1.54) is 19.2 Å². The Morgan fingerprint density at radius 3 is 2.71 bits per heavy atom. The van der Waals surface area contributed by atoms with Crippen LogP contribution in [0.25, 0.3) is 0 Å². The third kappa shape index (κ3) is 5.78. The second-order valence-corrected chi connectivity index (χ2v) is 4.59. The van der Waals surface area contributed by atoms with Gasteiger partial charge in [0.15, 0.2) is 0 Å². The molecule has 1 unspecified atom stereocenters. The summed E-state index contributed by atoms with van der Waals surface area (Å²) in [6.45, 7) is 2.02. The van der Waals surface area contributed by atoms with Gasteiger partial charge in [-0.05, 0) is 37.5 Å². The molecular weight excluding hydrogens is 279 g/mol. The number of hydrogen-bond acceptors (Lipinski definition) is 3. The van der Waals surface area contributed by atoms with Gasteiger partial charge < -0.3 is 20.5 Å². The van der Waals surface area contributed by atoms with E-state index in [2.05, 4.69) is 10.6 Å². The number of aliphatic carboxylic acids is 1. The van der Waals surface area contributed by atoms with E-state index in [1.54, 1.807) is 13.0 Å². The zero-order chi connectivity index (χ0) is 15.8. The Labute approximate surface area is 122 Å². The van der Waals surface area contributed by atoms with Gasteiger partial charge in [-0.25, -0.2) is 14.0 Å². The number of carboxylic acid groups (broad SMARTS) is 1. The third-order valence-corrected chi connectivity index (χ3v) is 2.87. The Hall–Kier alpha value is -2.15. The highest BCUT2D eigenvalue weighted by Crippen LogP contribution is 2.13. The summed E-state index contributed by atoms with van der Waals surface area (Å²) < 4.78 is 18.2. The number of amides is 2. The highest BCUT2D eigenvalue weighted by atomic mass is 19.1. The maximum Gasteiger partial charge on any atom is 0.326 e. The molecule has 7 heteroatoms. The van der Waals surface area contributed by atoms with Crippen molar-refractivity contribution < 1.29 is 23.8 Å². The van der Waals surface area contributed by atoms with E-state index in [0.717, 1.165) is 0 Å². The molecule has 3 N–H and O–H groups in total. The Balaban J connectivity index is 2.56. The van der Waals surface area contributed by atoms with Gasteiger partial charge in [-0.1, -0.05) is 6.07 Å². The van der Waals surface area contributed by atoms with Crippen LogP contribution in [0.2, 0.25) is 0 Å². The number of hydrogen-bond donors (Lipinski definition) is 3. The molecule has 6 nitrogen and oxygen atoms in total. The van der Waals surface area contributed by atoms with Crippen molar-refractivity contribution in [3.05, 3.63) is 29.6 Å². The lowest BCUT2D eigenvalue weighted by Gasteiger charge is -2.15. The highest BCUT2D eigenvalue weighted by molar-refractivity contribution is 5.92. The molecule has 0 aliphatic carbocycles. The normalized spacial score (nSPS) is 11.8. The fourth-order valence-electron chi connectivity index (χ4n) is 1.69. The Morgan fingerprint density at radius 2 is 2.14 bits per heavy atom. The molecule has 0 fully saturated rings. The lowest BCUT2D eigenvalue weighted by molar-refractivity contribution is -0.139. The number of ether oxygens (including phenoxy) is 1. The van der Waals surface area contributed by atoms with Crippen LogP contribution >= 0.6 is 0 Å². The number of urea groups is 1. The molecule has 1 aromatic carbocycles. The molecule has 0 aliphatic rings. The van der Waals surface area contributed by atoms with Crippen molar-refractivity contribution in [1.82, 2.24) is 5.32 Å². The second-order valence-electron chi connectivity index (χ2n) is 4.59. The second kappa shape index (κ2) is 8.21. The molecule has 0 saturated carbocycles. The van der Waals surface area contributed by atoms with Gasteiger partial charge in [0.25, 0.3) is 0 Å². The van der Waals surface area contributed by atoms with E-state index in [1.807, 2.05) is 0 Å². The molecule has 0 aromatic heterocycles. The summed E-state index contributed by atoms with van der Waals surface area (Å²) >= 11 is 0. The minimum absolute atomic E-state index is 0.249. The number of nitrogens with one attached hydrogen (secondary N) is 2. The number of halogens is 1. The van der Waals surface area contributed by atoms with Crippen molar-refractivity contribution in [3.63, 3.8) is 0 Å². The standard InChI is InChI=1S/C14H19FN2O4/c1-9-5-6-10(8-11(9)15)16-14(20)17-12(13(18)19)4-3-7-21-2/h5-6,8,12H,3-4,7H2,1-2H3,(H,18,19)(H2,16,17,20). The average molecular weight is 298 g/mol. The van der Waals surface area contributed by atoms with Crippen LogP contribution in [0.5, 0.6) is 0 Å². The van der Waals surface area contributed by atoms with Crippen LogP contribution in [0.3, 0.4) is 0 Å². The number of anilines is 1. The predicted octanol–water partition coefficient (Wildman–Crippen LogP) is 2.14. The summed E-state index contributed by atoms with van der Waals surface area (Å²) in [6, 6.07) is 2.53. The molecule has 1 rings (SSSR count). The fourth-order valence-corrected chi connectivity index (χ4v) is 1.69. The first-order valence-corrected chi connectivity index (χ1v) is 6.49. The van der Waals surface area contributed by atoms with Crippen LogP contribution in [-0.2, 0) is 9.53 Å². The molecule has 2 amide bonds. The number of benzene rings is 1. The number of carbonyl (C=O) groups is 2. The van der Waals surface area contributed by atoms with Gasteiger partial charge in [-0.3, -0.25) is 0 Å². The lowest BCUT2D eigenvalue weighted by atomic mass is 10.1. The van der Waals surface area contributed by atoms with Crippen LogP contribution in [0, 0.1) is 12.7 Å². The van der Waals surface area contributed by atoms with Crippen LogP contribution in [0.4, 0.5) is 14.9 Å². The minimum atomic E-state index is -1.13.